The standard InChI is InChI=1S/C25H25N7O/c1-31-20-14-17(12-13-18(20)15-26-31)21-22(28-23(27-21)16-8-4-2-5-9-16)24-29-30-25(33)32(24)19-10-6-3-7-11-19/h2,4-5,8-9,12-15,19H,3,6-7,10-11H2,1H3,(H,27,28)(H,30,33). The monoisotopic (exact) mass is 439 g/mol. The highest BCUT2D eigenvalue weighted by Crippen LogP contribution is 2.36. The summed E-state index contributed by atoms with van der Waals surface area (Å²) in [6.45, 7) is 0. The van der Waals surface area contributed by atoms with E-state index in [0.29, 0.717) is 5.82 Å². The molecule has 0 bridgehead atoms. The molecular weight excluding hydrogens is 414 g/mol. The summed E-state index contributed by atoms with van der Waals surface area (Å²) in [6, 6.07) is 16.4. The minimum absolute atomic E-state index is 0.149. The molecule has 3 aromatic heterocycles. The number of hydrogen-bond acceptors (Lipinski definition) is 4. The van der Waals surface area contributed by atoms with E-state index in [4.69, 9.17) is 4.98 Å². The highest BCUT2D eigenvalue weighted by molar-refractivity contribution is 5.87. The van der Waals surface area contributed by atoms with Gasteiger partial charge in [-0.1, -0.05) is 61.7 Å². The van der Waals surface area contributed by atoms with Crippen molar-refractivity contribution < 1.29 is 0 Å². The summed E-state index contributed by atoms with van der Waals surface area (Å²) in [5.74, 6) is 1.36. The summed E-state index contributed by atoms with van der Waals surface area (Å²) in [4.78, 5) is 21.3. The van der Waals surface area contributed by atoms with Gasteiger partial charge in [-0.15, -0.1) is 0 Å². The molecule has 0 aliphatic heterocycles. The van der Waals surface area contributed by atoms with Crippen molar-refractivity contribution in [3.63, 3.8) is 0 Å². The van der Waals surface area contributed by atoms with Gasteiger partial charge in [-0.3, -0.25) is 9.25 Å². The Hall–Kier alpha value is -3.94. The van der Waals surface area contributed by atoms with E-state index in [2.05, 4.69) is 32.4 Å². The Morgan fingerprint density at radius 1 is 1.00 bits per heavy atom. The lowest BCUT2D eigenvalue weighted by Crippen LogP contribution is -2.25. The van der Waals surface area contributed by atoms with Gasteiger partial charge in [0.2, 0.25) is 0 Å². The molecule has 0 saturated heterocycles. The molecule has 1 aliphatic carbocycles. The van der Waals surface area contributed by atoms with Gasteiger partial charge in [0.15, 0.2) is 5.82 Å². The number of fused-ring (bicyclic) bond motifs is 1. The Bertz CT molecular complexity index is 1480. The molecule has 1 saturated carbocycles. The SMILES string of the molecule is Cn1ncc2ccc(-c3nc(-c4ccccc4)[nH]c3-c3n[nH]c(=O)n3C3CCCCC3)cc21. The Morgan fingerprint density at radius 2 is 1.82 bits per heavy atom. The highest BCUT2D eigenvalue weighted by atomic mass is 16.1. The van der Waals surface area contributed by atoms with Gasteiger partial charge >= 0.3 is 5.69 Å². The van der Waals surface area contributed by atoms with Crippen molar-refractivity contribution in [2.24, 2.45) is 7.05 Å². The fraction of sp³-hybridized carbons (Fsp3) is 0.280. The van der Waals surface area contributed by atoms with Crippen LogP contribution in [0.3, 0.4) is 0 Å². The van der Waals surface area contributed by atoms with E-state index < -0.39 is 0 Å². The summed E-state index contributed by atoms with van der Waals surface area (Å²) in [5.41, 5.74) is 4.31. The molecule has 2 aromatic carbocycles. The topological polar surface area (TPSA) is 97.2 Å². The molecule has 5 aromatic rings. The van der Waals surface area contributed by atoms with Crippen molar-refractivity contribution >= 4 is 10.9 Å². The van der Waals surface area contributed by atoms with Crippen LogP contribution in [0.25, 0.3) is 45.1 Å². The van der Waals surface area contributed by atoms with E-state index in [1.54, 1.807) is 0 Å². The molecule has 8 nitrogen and oxygen atoms in total. The van der Waals surface area contributed by atoms with Crippen molar-refractivity contribution in [2.75, 3.05) is 0 Å². The normalized spacial score (nSPS) is 14.8. The number of hydrogen-bond donors (Lipinski definition) is 2. The van der Waals surface area contributed by atoms with Gasteiger partial charge in [0.05, 0.1) is 11.7 Å². The zero-order chi connectivity index (χ0) is 22.4. The molecule has 0 unspecified atom stereocenters. The van der Waals surface area contributed by atoms with Crippen LogP contribution in [0.15, 0.2) is 59.5 Å². The first-order chi connectivity index (χ1) is 16.2. The number of imidazole rings is 1. The minimum Gasteiger partial charge on any atom is -0.335 e. The first kappa shape index (κ1) is 19.7. The van der Waals surface area contributed by atoms with Crippen LogP contribution in [0.4, 0.5) is 0 Å². The number of aryl methyl sites for hydroxylation is 1. The number of rotatable bonds is 4. The molecule has 1 aliphatic rings. The van der Waals surface area contributed by atoms with Crippen LogP contribution in [-0.2, 0) is 7.05 Å². The lowest BCUT2D eigenvalue weighted by Gasteiger charge is -2.23. The van der Waals surface area contributed by atoms with Gasteiger partial charge in [0.25, 0.3) is 0 Å². The zero-order valence-electron chi connectivity index (χ0n) is 18.5. The third-order valence-corrected chi connectivity index (χ3v) is 6.64. The molecular formula is C25H25N7O. The summed E-state index contributed by atoms with van der Waals surface area (Å²) in [6.07, 6.45) is 7.31. The van der Waals surface area contributed by atoms with Gasteiger partial charge in [0.1, 0.15) is 17.2 Å². The molecule has 0 atom stereocenters. The van der Waals surface area contributed by atoms with E-state index in [0.717, 1.165) is 64.9 Å². The minimum atomic E-state index is -0.166. The van der Waals surface area contributed by atoms with Crippen molar-refractivity contribution in [1.29, 1.82) is 0 Å². The molecule has 2 N–H and O–H groups in total. The summed E-state index contributed by atoms with van der Waals surface area (Å²) in [5, 5.41) is 12.6. The van der Waals surface area contributed by atoms with Crippen LogP contribution >= 0.6 is 0 Å². The molecule has 0 spiro atoms. The number of H-pyrrole nitrogens is 2. The second-order valence-electron chi connectivity index (χ2n) is 8.73. The predicted molar refractivity (Wildman–Crippen MR) is 128 cm³/mol. The van der Waals surface area contributed by atoms with Crippen LogP contribution in [0, 0.1) is 0 Å². The quantitative estimate of drug-likeness (QED) is 0.425. The zero-order valence-corrected chi connectivity index (χ0v) is 18.5. The maximum Gasteiger partial charge on any atom is 0.343 e. The van der Waals surface area contributed by atoms with Gasteiger partial charge in [-0.2, -0.15) is 10.2 Å². The van der Waals surface area contributed by atoms with Crippen LogP contribution < -0.4 is 5.69 Å². The Morgan fingerprint density at radius 3 is 2.64 bits per heavy atom. The van der Waals surface area contributed by atoms with E-state index in [1.165, 1.54) is 6.42 Å². The number of aromatic amines is 2. The predicted octanol–water partition coefficient (Wildman–Crippen LogP) is 4.69. The van der Waals surface area contributed by atoms with Crippen LogP contribution in [0.2, 0.25) is 0 Å². The lowest BCUT2D eigenvalue weighted by atomic mass is 9.95. The fourth-order valence-electron chi connectivity index (χ4n) is 4.93. The van der Waals surface area contributed by atoms with E-state index in [9.17, 15) is 4.79 Å². The van der Waals surface area contributed by atoms with E-state index in [-0.39, 0.29) is 11.7 Å². The molecule has 0 radical (unpaired) electrons. The van der Waals surface area contributed by atoms with Crippen LogP contribution in [-0.4, -0.2) is 34.5 Å². The smallest absolute Gasteiger partial charge is 0.335 e. The van der Waals surface area contributed by atoms with E-state index >= 15 is 0 Å². The second-order valence-corrected chi connectivity index (χ2v) is 8.73. The van der Waals surface area contributed by atoms with Crippen molar-refractivity contribution in [1.82, 2.24) is 34.5 Å². The van der Waals surface area contributed by atoms with Gasteiger partial charge in [-0.05, 0) is 18.9 Å². The maximum atomic E-state index is 12.8. The number of benzene rings is 2. The number of nitrogens with one attached hydrogen (secondary N) is 2. The van der Waals surface area contributed by atoms with Crippen molar-refractivity contribution in [3.8, 4) is 34.2 Å². The average molecular weight is 440 g/mol. The van der Waals surface area contributed by atoms with Gasteiger partial charge < -0.3 is 4.98 Å². The third-order valence-electron chi connectivity index (χ3n) is 6.64. The Kier molecular flexibility index (Phi) is 4.71. The number of aromatic nitrogens is 7. The number of nitrogens with zero attached hydrogens (tertiary/aromatic N) is 5. The molecule has 6 rings (SSSR count). The average Bonchev–Trinajstić information content (AvgIpc) is 3.57. The summed E-state index contributed by atoms with van der Waals surface area (Å²) >= 11 is 0. The largest absolute Gasteiger partial charge is 0.343 e. The fourth-order valence-corrected chi connectivity index (χ4v) is 4.93. The third kappa shape index (κ3) is 3.38. The first-order valence-electron chi connectivity index (χ1n) is 11.4. The molecule has 8 heteroatoms. The summed E-state index contributed by atoms with van der Waals surface area (Å²) in [7, 11) is 1.93. The molecule has 3 heterocycles. The van der Waals surface area contributed by atoms with Crippen molar-refractivity contribution in [2.45, 2.75) is 38.1 Å². The Labute approximate surface area is 190 Å². The maximum absolute atomic E-state index is 12.8. The molecule has 0 amide bonds. The second kappa shape index (κ2) is 7.88. The lowest BCUT2D eigenvalue weighted by molar-refractivity contribution is 0.349. The molecule has 166 valence electrons. The summed E-state index contributed by atoms with van der Waals surface area (Å²) < 4.78 is 3.68. The Balaban J connectivity index is 1.56. The van der Waals surface area contributed by atoms with Crippen LogP contribution in [0.1, 0.15) is 38.1 Å². The van der Waals surface area contributed by atoms with Crippen LogP contribution in [0.5, 0.6) is 0 Å². The van der Waals surface area contributed by atoms with E-state index in [1.807, 2.05) is 58.9 Å². The highest BCUT2D eigenvalue weighted by Gasteiger charge is 2.26. The van der Waals surface area contributed by atoms with Gasteiger partial charge in [0, 0.05) is 29.6 Å². The molecule has 1 fully saturated rings. The molecule has 33 heavy (non-hydrogen) atoms. The van der Waals surface area contributed by atoms with Gasteiger partial charge in [-0.25, -0.2) is 14.9 Å². The first-order valence-corrected chi connectivity index (χ1v) is 11.4. The van der Waals surface area contributed by atoms with Crippen molar-refractivity contribution in [3.05, 3.63) is 65.2 Å².